The van der Waals surface area contributed by atoms with Crippen molar-refractivity contribution in [1.29, 1.82) is 0 Å². The maximum Gasteiger partial charge on any atom is 0.129 e. The molecular weight excluding hydrogens is 212 g/mol. The van der Waals surface area contributed by atoms with Crippen molar-refractivity contribution in [1.82, 2.24) is 19.7 Å². The molecule has 17 heavy (non-hydrogen) atoms. The van der Waals surface area contributed by atoms with Gasteiger partial charge in [-0.15, -0.1) is 10.2 Å². The molecule has 4 heteroatoms. The molecule has 0 aliphatic carbocycles. The minimum atomic E-state index is 0.528. The van der Waals surface area contributed by atoms with Gasteiger partial charge in [-0.05, 0) is 38.1 Å². The first kappa shape index (κ1) is 12.6. The number of likely N-dealkylation sites (tertiary alicyclic amines) is 1. The van der Waals surface area contributed by atoms with Crippen molar-refractivity contribution < 1.29 is 0 Å². The van der Waals surface area contributed by atoms with Gasteiger partial charge in [0.2, 0.25) is 0 Å². The van der Waals surface area contributed by atoms with Gasteiger partial charge < -0.3 is 9.47 Å². The number of nitrogens with zero attached hydrogens (tertiary/aromatic N) is 4. The van der Waals surface area contributed by atoms with E-state index in [1.165, 1.54) is 32.4 Å². The molecule has 1 atom stereocenters. The highest BCUT2D eigenvalue weighted by Gasteiger charge is 2.28. The molecule has 0 unspecified atom stereocenters. The predicted molar refractivity (Wildman–Crippen MR) is 68.8 cm³/mol. The van der Waals surface area contributed by atoms with Gasteiger partial charge in [0.1, 0.15) is 12.2 Å². The van der Waals surface area contributed by atoms with Crippen LogP contribution < -0.4 is 0 Å². The summed E-state index contributed by atoms with van der Waals surface area (Å²) < 4.78 is 2.14. The van der Waals surface area contributed by atoms with Crippen molar-refractivity contribution in [3.8, 4) is 0 Å². The fourth-order valence-electron chi connectivity index (χ4n) is 2.69. The van der Waals surface area contributed by atoms with Crippen LogP contribution in [0.15, 0.2) is 6.33 Å². The van der Waals surface area contributed by atoms with Gasteiger partial charge in [-0.2, -0.15) is 0 Å². The topological polar surface area (TPSA) is 34.0 Å². The van der Waals surface area contributed by atoms with Crippen molar-refractivity contribution in [3.05, 3.63) is 12.2 Å². The van der Waals surface area contributed by atoms with Crippen LogP contribution in [-0.4, -0.2) is 39.3 Å². The number of aromatic nitrogens is 3. The van der Waals surface area contributed by atoms with Crippen LogP contribution in [-0.2, 0) is 6.54 Å². The van der Waals surface area contributed by atoms with Gasteiger partial charge in [-0.25, -0.2) is 0 Å². The Hall–Kier alpha value is -0.900. The Labute approximate surface area is 104 Å². The molecule has 1 aromatic heterocycles. The van der Waals surface area contributed by atoms with Crippen LogP contribution in [0.5, 0.6) is 0 Å². The zero-order valence-electron chi connectivity index (χ0n) is 11.3. The molecule has 1 fully saturated rings. The van der Waals surface area contributed by atoms with Crippen molar-refractivity contribution >= 4 is 0 Å². The van der Waals surface area contributed by atoms with Crippen LogP contribution >= 0.6 is 0 Å². The van der Waals surface area contributed by atoms with E-state index in [-0.39, 0.29) is 0 Å². The Bertz CT molecular complexity index is 360. The van der Waals surface area contributed by atoms with Crippen LogP contribution in [0.1, 0.15) is 38.9 Å². The normalized spacial score (nSPS) is 26.3. The molecule has 4 nitrogen and oxygen atoms in total. The van der Waals surface area contributed by atoms with Crippen molar-refractivity contribution in [2.24, 2.45) is 5.41 Å². The zero-order chi connectivity index (χ0) is 12.3. The molecule has 0 N–H and O–H groups in total. The Morgan fingerprint density at radius 3 is 2.88 bits per heavy atom. The molecule has 1 aromatic rings. The summed E-state index contributed by atoms with van der Waals surface area (Å²) in [4.78, 5) is 2.59. The highest BCUT2D eigenvalue weighted by atomic mass is 15.3. The largest absolute Gasteiger partial charge is 0.317 e. The fraction of sp³-hybridized carbons (Fsp3) is 0.846. The number of aryl methyl sites for hydroxylation is 1. The Morgan fingerprint density at radius 1 is 1.41 bits per heavy atom. The Balaban J connectivity index is 1.85. The second-order valence-electron chi connectivity index (χ2n) is 5.62. The molecule has 0 radical (unpaired) electrons. The first-order chi connectivity index (χ1) is 8.13. The van der Waals surface area contributed by atoms with E-state index in [9.17, 15) is 0 Å². The number of rotatable bonds is 4. The van der Waals surface area contributed by atoms with Crippen molar-refractivity contribution in [2.45, 2.75) is 46.6 Å². The van der Waals surface area contributed by atoms with E-state index < -0.39 is 0 Å². The van der Waals surface area contributed by atoms with E-state index in [4.69, 9.17) is 0 Å². The lowest BCUT2D eigenvalue weighted by Crippen LogP contribution is -2.42. The molecule has 1 saturated heterocycles. The second kappa shape index (κ2) is 5.17. The van der Waals surface area contributed by atoms with Crippen LogP contribution in [0.3, 0.4) is 0 Å². The highest BCUT2D eigenvalue weighted by Crippen LogP contribution is 2.32. The van der Waals surface area contributed by atoms with Gasteiger partial charge in [0.05, 0.1) is 0 Å². The summed E-state index contributed by atoms with van der Waals surface area (Å²) in [6.07, 6.45) is 5.84. The molecule has 1 aliphatic rings. The third kappa shape index (κ3) is 3.06. The van der Waals surface area contributed by atoms with E-state index >= 15 is 0 Å². The lowest BCUT2D eigenvalue weighted by molar-refractivity contribution is 0.0962. The van der Waals surface area contributed by atoms with Crippen molar-refractivity contribution in [2.75, 3.05) is 19.6 Å². The summed E-state index contributed by atoms with van der Waals surface area (Å²) in [5.41, 5.74) is 0.528. The Kier molecular flexibility index (Phi) is 3.82. The summed E-state index contributed by atoms with van der Waals surface area (Å²) in [6.45, 7) is 11.4. The predicted octanol–water partition coefficient (Wildman–Crippen LogP) is 2.10. The summed E-state index contributed by atoms with van der Waals surface area (Å²) in [6, 6.07) is 0. The average molecular weight is 236 g/mol. The summed E-state index contributed by atoms with van der Waals surface area (Å²) in [5.74, 6) is 1.01. The van der Waals surface area contributed by atoms with Crippen LogP contribution in [0.4, 0.5) is 0 Å². The molecule has 1 aliphatic heterocycles. The van der Waals surface area contributed by atoms with Gasteiger partial charge in [0, 0.05) is 19.6 Å². The molecule has 0 spiro atoms. The average Bonchev–Trinajstić information content (AvgIpc) is 2.73. The van der Waals surface area contributed by atoms with Gasteiger partial charge in [-0.1, -0.05) is 13.8 Å². The molecule has 96 valence electrons. The molecular formula is C13H24N4. The quantitative estimate of drug-likeness (QED) is 0.803. The molecule has 0 amide bonds. The van der Waals surface area contributed by atoms with Crippen LogP contribution in [0.2, 0.25) is 0 Å². The summed E-state index contributed by atoms with van der Waals surface area (Å²) in [7, 11) is 0. The van der Waals surface area contributed by atoms with Gasteiger partial charge in [0.25, 0.3) is 0 Å². The SMILES string of the molecule is CC[C@@]1(C)CCCN(CCn2cnnc2C)C1. The third-order valence-electron chi connectivity index (χ3n) is 4.18. The lowest BCUT2D eigenvalue weighted by atomic mass is 9.80. The molecule has 0 saturated carbocycles. The Morgan fingerprint density at radius 2 is 2.24 bits per heavy atom. The maximum absolute atomic E-state index is 4.02. The fourth-order valence-corrected chi connectivity index (χ4v) is 2.69. The first-order valence-corrected chi connectivity index (χ1v) is 6.70. The number of piperidine rings is 1. The lowest BCUT2D eigenvalue weighted by Gasteiger charge is -2.40. The van der Waals surface area contributed by atoms with Crippen molar-refractivity contribution in [3.63, 3.8) is 0 Å². The van der Waals surface area contributed by atoms with Gasteiger partial charge >= 0.3 is 0 Å². The van der Waals surface area contributed by atoms with E-state index in [0.717, 1.165) is 18.9 Å². The van der Waals surface area contributed by atoms with Crippen LogP contribution in [0, 0.1) is 12.3 Å². The molecule has 0 bridgehead atoms. The molecule has 0 aromatic carbocycles. The van der Waals surface area contributed by atoms with E-state index in [0.29, 0.717) is 5.41 Å². The molecule has 2 heterocycles. The third-order valence-corrected chi connectivity index (χ3v) is 4.18. The number of hydrogen-bond donors (Lipinski definition) is 0. The smallest absolute Gasteiger partial charge is 0.129 e. The van der Waals surface area contributed by atoms with E-state index in [2.05, 4.69) is 33.5 Å². The minimum absolute atomic E-state index is 0.528. The minimum Gasteiger partial charge on any atom is -0.317 e. The van der Waals surface area contributed by atoms with E-state index in [1.807, 2.05) is 13.3 Å². The monoisotopic (exact) mass is 236 g/mol. The van der Waals surface area contributed by atoms with Gasteiger partial charge in [-0.3, -0.25) is 0 Å². The summed E-state index contributed by atoms with van der Waals surface area (Å²) in [5, 5.41) is 7.94. The highest BCUT2D eigenvalue weighted by molar-refractivity contribution is 4.84. The zero-order valence-corrected chi connectivity index (χ0v) is 11.3. The van der Waals surface area contributed by atoms with E-state index in [1.54, 1.807) is 0 Å². The maximum atomic E-state index is 4.02. The summed E-state index contributed by atoms with van der Waals surface area (Å²) >= 11 is 0. The van der Waals surface area contributed by atoms with Gasteiger partial charge in [0.15, 0.2) is 0 Å². The first-order valence-electron chi connectivity index (χ1n) is 6.70. The number of hydrogen-bond acceptors (Lipinski definition) is 3. The molecule has 2 rings (SSSR count). The standard InChI is InChI=1S/C13H24N4/c1-4-13(3)6-5-7-16(10-13)8-9-17-11-14-15-12(17)2/h11H,4-10H2,1-3H3/t13-/m0/s1. The van der Waals surface area contributed by atoms with Crippen LogP contribution in [0.25, 0.3) is 0 Å². The second-order valence-corrected chi connectivity index (χ2v) is 5.62.